The quantitative estimate of drug-likeness (QED) is 0.224. The number of fused-ring (bicyclic) bond motifs is 4. The van der Waals surface area contributed by atoms with Crippen LogP contribution < -0.4 is 5.32 Å². The lowest BCUT2D eigenvalue weighted by Gasteiger charge is -2.16. The maximum absolute atomic E-state index is 11.1. The zero-order chi connectivity index (χ0) is 26.5. The fraction of sp³-hybridized carbons (Fsp3) is 0.321. The van der Waals surface area contributed by atoms with E-state index in [2.05, 4.69) is 59.1 Å². The van der Waals surface area contributed by atoms with Crippen LogP contribution in [0.2, 0.25) is 10.3 Å². The summed E-state index contributed by atoms with van der Waals surface area (Å²) < 4.78 is 2.03. The summed E-state index contributed by atoms with van der Waals surface area (Å²) in [6.07, 6.45) is 4.62. The Hall–Kier alpha value is -3.29. The molecule has 7 nitrogen and oxygen atoms in total. The number of carbonyl (C=O) groups excluding carboxylic acids is 1. The topological polar surface area (TPSA) is 85.1 Å². The first-order valence-electron chi connectivity index (χ1n) is 12.3. The summed E-state index contributed by atoms with van der Waals surface area (Å²) >= 11 is 12.3. The van der Waals surface area contributed by atoms with E-state index in [0.717, 1.165) is 52.5 Å². The molecule has 1 N–H and O–H groups in total. The molecule has 0 radical (unpaired) electrons. The Morgan fingerprint density at radius 3 is 2.11 bits per heavy atom. The lowest BCUT2D eigenvalue weighted by Crippen LogP contribution is -2.24. The van der Waals surface area contributed by atoms with E-state index < -0.39 is 0 Å². The molecule has 5 aromatic rings. The Morgan fingerprint density at radius 2 is 1.46 bits per heavy atom. The summed E-state index contributed by atoms with van der Waals surface area (Å²) in [5, 5.41) is 3.79. The van der Waals surface area contributed by atoms with Gasteiger partial charge in [0.2, 0.25) is 0 Å². The van der Waals surface area contributed by atoms with Gasteiger partial charge in [-0.25, -0.2) is 19.9 Å². The number of aromatic nitrogens is 5. The Kier molecular flexibility index (Phi) is 8.56. The molecule has 3 heterocycles. The molecule has 0 spiro atoms. The standard InChI is InChI=1S/C14H16ClN3O.C14H14ClN3/c1-9(2)7-10(8-19)16-14-13(15)17-11-5-3-4-6-12(11)18-14;1-9(2)7-10-8-18-12-6-4-3-5-11(12)17-13(15)14(18)16-10/h3-6,8-10H,7H2,1-2H3,(H,16,18);3-6,8-9H,7H2,1-2H3. The molecule has 0 aliphatic heterocycles. The first-order valence-corrected chi connectivity index (χ1v) is 13.1. The van der Waals surface area contributed by atoms with Gasteiger partial charge in [-0.05, 0) is 48.9 Å². The molecule has 0 saturated heterocycles. The third-order valence-electron chi connectivity index (χ3n) is 5.66. The van der Waals surface area contributed by atoms with Crippen LogP contribution in [-0.2, 0) is 11.2 Å². The minimum atomic E-state index is -0.298. The van der Waals surface area contributed by atoms with E-state index in [1.165, 1.54) is 0 Å². The predicted octanol–water partition coefficient (Wildman–Crippen LogP) is 7.04. The summed E-state index contributed by atoms with van der Waals surface area (Å²) in [5.74, 6) is 1.45. The lowest BCUT2D eigenvalue weighted by molar-refractivity contribution is -0.108. The summed E-state index contributed by atoms with van der Waals surface area (Å²) in [7, 11) is 0. The van der Waals surface area contributed by atoms with Gasteiger partial charge < -0.3 is 10.1 Å². The number of rotatable bonds is 7. The van der Waals surface area contributed by atoms with Crippen molar-refractivity contribution in [1.29, 1.82) is 0 Å². The molecule has 0 saturated carbocycles. The van der Waals surface area contributed by atoms with Crippen LogP contribution in [0, 0.1) is 11.8 Å². The first kappa shape index (κ1) is 26.8. The third-order valence-corrected chi connectivity index (χ3v) is 6.17. The van der Waals surface area contributed by atoms with Crippen molar-refractivity contribution in [3.63, 3.8) is 0 Å². The number of halogens is 2. The summed E-state index contributed by atoms with van der Waals surface area (Å²) in [6, 6.07) is 15.1. The Labute approximate surface area is 226 Å². The van der Waals surface area contributed by atoms with Gasteiger partial charge in [-0.15, -0.1) is 0 Å². The minimum Gasteiger partial charge on any atom is -0.358 e. The van der Waals surface area contributed by atoms with Gasteiger partial charge in [0.15, 0.2) is 21.8 Å². The monoisotopic (exact) mass is 536 g/mol. The molecule has 37 heavy (non-hydrogen) atoms. The highest BCUT2D eigenvalue weighted by atomic mass is 35.5. The fourth-order valence-corrected chi connectivity index (χ4v) is 4.51. The normalized spacial score (nSPS) is 12.2. The molecule has 0 bridgehead atoms. The van der Waals surface area contributed by atoms with Crippen molar-refractivity contribution >= 4 is 63.0 Å². The average molecular weight is 537 g/mol. The van der Waals surface area contributed by atoms with E-state index in [0.29, 0.717) is 22.8 Å². The lowest BCUT2D eigenvalue weighted by atomic mass is 10.1. The van der Waals surface area contributed by atoms with Crippen molar-refractivity contribution in [3.05, 3.63) is 70.7 Å². The van der Waals surface area contributed by atoms with E-state index in [1.54, 1.807) is 0 Å². The van der Waals surface area contributed by atoms with Gasteiger partial charge >= 0.3 is 0 Å². The number of hydrogen-bond acceptors (Lipinski definition) is 6. The van der Waals surface area contributed by atoms with Gasteiger partial charge in [0.1, 0.15) is 6.29 Å². The summed E-state index contributed by atoms with van der Waals surface area (Å²) in [6.45, 7) is 8.49. The van der Waals surface area contributed by atoms with Crippen molar-refractivity contribution in [2.75, 3.05) is 5.32 Å². The molecule has 0 fully saturated rings. The second kappa shape index (κ2) is 11.8. The van der Waals surface area contributed by atoms with Gasteiger partial charge in [-0.3, -0.25) is 4.40 Å². The Bertz CT molecular complexity index is 1530. The minimum absolute atomic E-state index is 0.286. The fourth-order valence-electron chi connectivity index (χ4n) is 4.10. The van der Waals surface area contributed by atoms with Crippen LogP contribution in [0.4, 0.5) is 5.82 Å². The highest BCUT2D eigenvalue weighted by Gasteiger charge is 2.14. The number of benzene rings is 2. The van der Waals surface area contributed by atoms with Gasteiger partial charge in [0.05, 0.1) is 33.8 Å². The van der Waals surface area contributed by atoms with Crippen LogP contribution in [0.15, 0.2) is 54.7 Å². The molecule has 2 aromatic carbocycles. The molecule has 0 aliphatic rings. The van der Waals surface area contributed by atoms with Crippen LogP contribution >= 0.6 is 23.2 Å². The van der Waals surface area contributed by atoms with Crippen molar-refractivity contribution < 1.29 is 4.79 Å². The smallest absolute Gasteiger partial charge is 0.175 e. The number of imidazole rings is 1. The van der Waals surface area contributed by atoms with Gasteiger partial charge in [-0.2, -0.15) is 0 Å². The zero-order valence-electron chi connectivity index (χ0n) is 21.3. The van der Waals surface area contributed by atoms with E-state index in [4.69, 9.17) is 23.2 Å². The van der Waals surface area contributed by atoms with Crippen LogP contribution in [0.25, 0.3) is 27.7 Å². The van der Waals surface area contributed by atoms with Crippen molar-refractivity contribution in [1.82, 2.24) is 24.3 Å². The molecular weight excluding hydrogens is 507 g/mol. The van der Waals surface area contributed by atoms with Crippen LogP contribution in [-0.4, -0.2) is 36.7 Å². The molecule has 0 aliphatic carbocycles. The van der Waals surface area contributed by atoms with Crippen molar-refractivity contribution in [2.45, 2.75) is 46.6 Å². The average Bonchev–Trinajstić information content (AvgIpc) is 3.28. The van der Waals surface area contributed by atoms with Gasteiger partial charge in [0.25, 0.3) is 0 Å². The summed E-state index contributed by atoms with van der Waals surface area (Å²) in [5.41, 5.74) is 5.23. The number of anilines is 1. The predicted molar refractivity (Wildman–Crippen MR) is 152 cm³/mol. The number of carbonyl (C=O) groups is 1. The Morgan fingerprint density at radius 1 is 0.838 bits per heavy atom. The van der Waals surface area contributed by atoms with Crippen LogP contribution in [0.3, 0.4) is 0 Å². The molecule has 1 atom stereocenters. The Balaban J connectivity index is 0.000000173. The maximum atomic E-state index is 11.1. The summed E-state index contributed by atoms with van der Waals surface area (Å²) in [4.78, 5) is 28.7. The molecule has 5 rings (SSSR count). The molecule has 3 aromatic heterocycles. The van der Waals surface area contributed by atoms with E-state index in [1.807, 2.05) is 52.9 Å². The highest BCUT2D eigenvalue weighted by molar-refractivity contribution is 6.32. The molecule has 0 amide bonds. The number of nitrogens with zero attached hydrogens (tertiary/aromatic N) is 5. The van der Waals surface area contributed by atoms with E-state index in [9.17, 15) is 4.79 Å². The SMILES string of the molecule is CC(C)CC(C=O)Nc1nc2ccccc2nc1Cl.CC(C)Cc1cn2c(n1)c(Cl)nc1ccccc12. The van der Waals surface area contributed by atoms with Crippen molar-refractivity contribution in [2.24, 2.45) is 11.8 Å². The molecule has 1 unspecified atom stereocenters. The van der Waals surface area contributed by atoms with Crippen LogP contribution in [0.1, 0.15) is 39.8 Å². The van der Waals surface area contributed by atoms with Gasteiger partial charge in [-0.1, -0.05) is 75.2 Å². The largest absolute Gasteiger partial charge is 0.358 e. The second-order valence-electron chi connectivity index (χ2n) is 9.78. The zero-order valence-corrected chi connectivity index (χ0v) is 22.8. The molecular formula is C28H30Cl2N6O. The number of hydrogen-bond donors (Lipinski definition) is 1. The first-order chi connectivity index (χ1) is 17.7. The van der Waals surface area contributed by atoms with Crippen LogP contribution in [0.5, 0.6) is 0 Å². The second-order valence-corrected chi connectivity index (χ2v) is 10.5. The van der Waals surface area contributed by atoms with E-state index in [-0.39, 0.29) is 11.2 Å². The maximum Gasteiger partial charge on any atom is 0.175 e. The van der Waals surface area contributed by atoms with Gasteiger partial charge in [0, 0.05) is 6.20 Å². The number of aldehydes is 1. The number of nitrogens with one attached hydrogen (secondary N) is 1. The molecule has 192 valence electrons. The molecule has 9 heteroatoms. The third kappa shape index (κ3) is 6.53. The number of para-hydroxylation sites is 4. The van der Waals surface area contributed by atoms with Crippen molar-refractivity contribution in [3.8, 4) is 0 Å². The highest BCUT2D eigenvalue weighted by Crippen LogP contribution is 2.23. The van der Waals surface area contributed by atoms with E-state index >= 15 is 0 Å².